The summed E-state index contributed by atoms with van der Waals surface area (Å²) in [5.41, 5.74) is 0. The van der Waals surface area contributed by atoms with Gasteiger partial charge in [-0.15, -0.1) is 0 Å². The monoisotopic (exact) mass is 316 g/mol. The Kier molecular flexibility index (Phi) is 6.57. The van der Waals surface area contributed by atoms with E-state index < -0.39 is 22.0 Å². The quantitative estimate of drug-likeness (QED) is 0.713. The van der Waals surface area contributed by atoms with Crippen LogP contribution in [0.25, 0.3) is 0 Å². The van der Waals surface area contributed by atoms with E-state index in [1.54, 1.807) is 6.92 Å². The number of unbranched alkanes of at least 4 members (excludes halogenated alkanes) is 1. The smallest absolute Gasteiger partial charge is 0.321 e. The second-order valence-corrected chi connectivity index (χ2v) is 6.13. The molecule has 118 valence electrons. The molecule has 8 heteroatoms. The van der Waals surface area contributed by atoms with Crippen molar-refractivity contribution in [2.24, 2.45) is 0 Å². The molecule has 0 aliphatic rings. The number of pyridine rings is 1. The predicted octanol–water partition coefficient (Wildman–Crippen LogP) is 1.40. The normalized spacial score (nSPS) is 12.9. The molecule has 1 heterocycles. The molecule has 1 atom stereocenters. The summed E-state index contributed by atoms with van der Waals surface area (Å²) in [7, 11) is -3.92. The molecular weight excluding hydrogens is 296 g/mol. The molecule has 0 fully saturated rings. The van der Waals surface area contributed by atoms with Gasteiger partial charge in [0.15, 0.2) is 0 Å². The Bertz CT molecular complexity index is 556. The van der Waals surface area contributed by atoms with E-state index in [-0.39, 0.29) is 11.3 Å². The minimum atomic E-state index is -3.92. The fraction of sp³-hybridized carbons (Fsp3) is 0.538. The predicted molar refractivity (Wildman–Crippen MR) is 76.7 cm³/mol. The average molecular weight is 316 g/mol. The SMILES string of the molecule is CCCCC(NS(=O)(=O)c1ccc(OCC)nc1)C(=O)O. The van der Waals surface area contributed by atoms with Crippen LogP contribution >= 0.6 is 0 Å². The first kappa shape index (κ1) is 17.4. The van der Waals surface area contributed by atoms with Crippen molar-refractivity contribution in [3.8, 4) is 5.88 Å². The Balaban J connectivity index is 2.85. The lowest BCUT2D eigenvalue weighted by molar-refractivity contribution is -0.139. The Morgan fingerprint density at radius 1 is 1.43 bits per heavy atom. The third kappa shape index (κ3) is 5.31. The van der Waals surface area contributed by atoms with Crippen molar-refractivity contribution >= 4 is 16.0 Å². The van der Waals surface area contributed by atoms with Gasteiger partial charge in [-0.25, -0.2) is 13.4 Å². The van der Waals surface area contributed by atoms with Gasteiger partial charge in [-0.05, 0) is 19.4 Å². The molecule has 0 aliphatic carbocycles. The van der Waals surface area contributed by atoms with E-state index in [9.17, 15) is 13.2 Å². The van der Waals surface area contributed by atoms with E-state index in [1.807, 2.05) is 6.92 Å². The van der Waals surface area contributed by atoms with Crippen LogP contribution < -0.4 is 9.46 Å². The third-order valence-corrected chi connectivity index (χ3v) is 4.21. The van der Waals surface area contributed by atoms with Crippen molar-refractivity contribution in [2.45, 2.75) is 44.0 Å². The van der Waals surface area contributed by atoms with Gasteiger partial charge in [-0.1, -0.05) is 19.8 Å². The highest BCUT2D eigenvalue weighted by molar-refractivity contribution is 7.89. The summed E-state index contributed by atoms with van der Waals surface area (Å²) in [4.78, 5) is 14.9. The van der Waals surface area contributed by atoms with Crippen LogP contribution in [0.2, 0.25) is 0 Å². The highest BCUT2D eigenvalue weighted by Crippen LogP contribution is 2.13. The molecule has 0 spiro atoms. The average Bonchev–Trinajstić information content (AvgIpc) is 2.44. The van der Waals surface area contributed by atoms with Gasteiger partial charge in [-0.3, -0.25) is 4.79 Å². The molecule has 0 radical (unpaired) electrons. The number of carboxylic acids is 1. The topological polar surface area (TPSA) is 106 Å². The Morgan fingerprint density at radius 2 is 2.14 bits per heavy atom. The number of sulfonamides is 1. The Morgan fingerprint density at radius 3 is 2.62 bits per heavy atom. The molecule has 0 amide bonds. The van der Waals surface area contributed by atoms with Gasteiger partial charge in [0.25, 0.3) is 0 Å². The lowest BCUT2D eigenvalue weighted by Gasteiger charge is -2.14. The van der Waals surface area contributed by atoms with Gasteiger partial charge in [0, 0.05) is 6.07 Å². The fourth-order valence-electron chi connectivity index (χ4n) is 1.66. The molecule has 21 heavy (non-hydrogen) atoms. The zero-order valence-electron chi connectivity index (χ0n) is 12.1. The van der Waals surface area contributed by atoms with E-state index in [0.717, 1.165) is 12.6 Å². The van der Waals surface area contributed by atoms with Gasteiger partial charge in [0.2, 0.25) is 15.9 Å². The van der Waals surface area contributed by atoms with Crippen molar-refractivity contribution in [3.05, 3.63) is 18.3 Å². The number of hydrogen-bond donors (Lipinski definition) is 2. The number of aliphatic carboxylic acids is 1. The maximum atomic E-state index is 12.1. The molecule has 1 aromatic rings. The summed E-state index contributed by atoms with van der Waals surface area (Å²) in [6, 6.07) is 1.63. The van der Waals surface area contributed by atoms with Crippen LogP contribution in [-0.4, -0.2) is 37.1 Å². The summed E-state index contributed by atoms with van der Waals surface area (Å²) in [5, 5.41) is 9.06. The van der Waals surface area contributed by atoms with Crippen LogP contribution in [0.4, 0.5) is 0 Å². The number of aromatic nitrogens is 1. The largest absolute Gasteiger partial charge is 0.480 e. The Labute approximate surface area is 124 Å². The van der Waals surface area contributed by atoms with Crippen molar-refractivity contribution < 1.29 is 23.1 Å². The first-order valence-electron chi connectivity index (χ1n) is 6.74. The molecule has 0 aliphatic heterocycles. The van der Waals surface area contributed by atoms with E-state index in [1.165, 1.54) is 12.1 Å². The zero-order valence-corrected chi connectivity index (χ0v) is 12.9. The van der Waals surface area contributed by atoms with Gasteiger partial charge < -0.3 is 9.84 Å². The molecule has 1 rings (SSSR count). The number of nitrogens with zero attached hydrogens (tertiary/aromatic N) is 1. The standard InChI is InChI=1S/C13H20N2O5S/c1-3-5-6-11(13(16)17)15-21(18,19)10-7-8-12(14-9-10)20-4-2/h7-9,11,15H,3-6H2,1-2H3,(H,16,17). The number of carbonyl (C=O) groups is 1. The van der Waals surface area contributed by atoms with Gasteiger partial charge in [0.05, 0.1) is 12.8 Å². The van der Waals surface area contributed by atoms with Crippen molar-refractivity contribution in [3.63, 3.8) is 0 Å². The molecule has 0 saturated carbocycles. The number of hydrogen-bond acceptors (Lipinski definition) is 5. The van der Waals surface area contributed by atoms with Crippen LogP contribution in [-0.2, 0) is 14.8 Å². The number of rotatable bonds is 9. The van der Waals surface area contributed by atoms with Gasteiger partial charge in [-0.2, -0.15) is 4.72 Å². The third-order valence-electron chi connectivity index (χ3n) is 2.75. The highest BCUT2D eigenvalue weighted by atomic mass is 32.2. The molecule has 1 aromatic heterocycles. The molecule has 0 aromatic carbocycles. The molecule has 0 saturated heterocycles. The minimum Gasteiger partial charge on any atom is -0.480 e. The molecule has 2 N–H and O–H groups in total. The van der Waals surface area contributed by atoms with Crippen molar-refractivity contribution in [1.82, 2.24) is 9.71 Å². The lowest BCUT2D eigenvalue weighted by Crippen LogP contribution is -2.40. The van der Waals surface area contributed by atoms with E-state index in [0.29, 0.717) is 18.9 Å². The first-order chi connectivity index (χ1) is 9.90. The number of ether oxygens (including phenoxy) is 1. The van der Waals surface area contributed by atoms with Crippen molar-refractivity contribution in [1.29, 1.82) is 0 Å². The van der Waals surface area contributed by atoms with Gasteiger partial charge >= 0.3 is 5.97 Å². The van der Waals surface area contributed by atoms with Crippen LogP contribution in [0.3, 0.4) is 0 Å². The van der Waals surface area contributed by atoms with Crippen LogP contribution in [0.5, 0.6) is 5.88 Å². The zero-order chi connectivity index (χ0) is 15.9. The van der Waals surface area contributed by atoms with Crippen LogP contribution in [0.1, 0.15) is 33.1 Å². The first-order valence-corrected chi connectivity index (χ1v) is 8.23. The van der Waals surface area contributed by atoms with Crippen molar-refractivity contribution in [2.75, 3.05) is 6.61 Å². The van der Waals surface area contributed by atoms with Crippen LogP contribution in [0, 0.1) is 0 Å². The second kappa shape index (κ2) is 7.94. The summed E-state index contributed by atoms with van der Waals surface area (Å²) in [6.45, 7) is 4.12. The fourth-order valence-corrected chi connectivity index (χ4v) is 2.82. The highest BCUT2D eigenvalue weighted by Gasteiger charge is 2.25. The minimum absolute atomic E-state index is 0.0892. The number of nitrogens with one attached hydrogen (secondary N) is 1. The van der Waals surface area contributed by atoms with Gasteiger partial charge in [0.1, 0.15) is 10.9 Å². The second-order valence-electron chi connectivity index (χ2n) is 4.42. The maximum absolute atomic E-state index is 12.1. The molecule has 0 bridgehead atoms. The van der Waals surface area contributed by atoms with E-state index >= 15 is 0 Å². The molecule has 1 unspecified atom stereocenters. The summed E-state index contributed by atoms with van der Waals surface area (Å²) in [5.74, 6) is -0.872. The van der Waals surface area contributed by atoms with Crippen LogP contribution in [0.15, 0.2) is 23.2 Å². The maximum Gasteiger partial charge on any atom is 0.321 e. The molecule has 7 nitrogen and oxygen atoms in total. The van der Waals surface area contributed by atoms with E-state index in [4.69, 9.17) is 9.84 Å². The molecular formula is C13H20N2O5S. The van der Waals surface area contributed by atoms with E-state index in [2.05, 4.69) is 9.71 Å². The lowest BCUT2D eigenvalue weighted by atomic mass is 10.1. The summed E-state index contributed by atoms with van der Waals surface area (Å²) in [6.07, 6.45) is 2.80. The number of carboxylic acid groups (broad SMARTS) is 1. The Hall–Kier alpha value is -1.67. The summed E-state index contributed by atoms with van der Waals surface area (Å²) < 4.78 is 31.6. The summed E-state index contributed by atoms with van der Waals surface area (Å²) >= 11 is 0.